The number of hydrogen-bond donors (Lipinski definition) is 1. The van der Waals surface area contributed by atoms with Crippen molar-refractivity contribution in [2.24, 2.45) is 0 Å². The number of nitrogens with zero attached hydrogens (tertiary/aromatic N) is 1. The number of aryl methyl sites for hydroxylation is 1. The molecule has 1 aromatic heterocycles. The highest BCUT2D eigenvalue weighted by atomic mass is 16.7. The number of nitrogens with one attached hydrogen (secondary N) is 1. The molecule has 1 aromatic rings. The molecule has 0 aromatic carbocycles. The van der Waals surface area contributed by atoms with Crippen molar-refractivity contribution >= 4 is 13.2 Å². The lowest BCUT2D eigenvalue weighted by Gasteiger charge is -2.32. The minimum atomic E-state index is -0.343. The van der Waals surface area contributed by atoms with Gasteiger partial charge in [0, 0.05) is 12.2 Å². The zero-order valence-corrected chi connectivity index (χ0v) is 13.9. The van der Waals surface area contributed by atoms with E-state index >= 15 is 0 Å². The smallest absolute Gasteiger partial charge is 0.400 e. The van der Waals surface area contributed by atoms with Gasteiger partial charge in [0.05, 0.1) is 16.9 Å². The molecule has 1 aliphatic heterocycles. The van der Waals surface area contributed by atoms with Crippen molar-refractivity contribution in [2.45, 2.75) is 45.8 Å². The molecule has 21 heavy (non-hydrogen) atoms. The van der Waals surface area contributed by atoms with Crippen molar-refractivity contribution in [3.05, 3.63) is 35.1 Å². The maximum atomic E-state index is 6.12. The molecule has 1 saturated heterocycles. The molecule has 1 fully saturated rings. The molecule has 0 saturated carbocycles. The summed E-state index contributed by atoms with van der Waals surface area (Å²) in [6, 6.07) is 5.99. The zero-order valence-electron chi connectivity index (χ0n) is 13.9. The first kappa shape index (κ1) is 16.2. The SMILES string of the molecule is CNCC(=Cc1cccc(C)n1)B1OC(C)(C)C(C)(C)O1. The summed E-state index contributed by atoms with van der Waals surface area (Å²) in [7, 11) is 1.58. The molecule has 0 aliphatic carbocycles. The van der Waals surface area contributed by atoms with E-state index in [2.05, 4.69) is 38.0 Å². The van der Waals surface area contributed by atoms with Crippen LogP contribution in [0.3, 0.4) is 0 Å². The van der Waals surface area contributed by atoms with Gasteiger partial charge in [0.1, 0.15) is 0 Å². The van der Waals surface area contributed by atoms with E-state index in [4.69, 9.17) is 9.31 Å². The molecule has 2 rings (SSSR count). The van der Waals surface area contributed by atoms with Crippen molar-refractivity contribution in [3.63, 3.8) is 0 Å². The van der Waals surface area contributed by atoms with Gasteiger partial charge < -0.3 is 14.6 Å². The topological polar surface area (TPSA) is 43.4 Å². The van der Waals surface area contributed by atoms with Crippen LogP contribution in [-0.4, -0.2) is 36.9 Å². The fourth-order valence-corrected chi connectivity index (χ4v) is 2.24. The van der Waals surface area contributed by atoms with Crippen LogP contribution in [0.15, 0.2) is 23.7 Å². The quantitative estimate of drug-likeness (QED) is 0.865. The molecule has 0 radical (unpaired) electrons. The highest BCUT2D eigenvalue weighted by Gasteiger charge is 2.52. The summed E-state index contributed by atoms with van der Waals surface area (Å²) in [5.41, 5.74) is 2.32. The maximum Gasteiger partial charge on any atom is 0.491 e. The third-order valence-electron chi connectivity index (χ3n) is 4.18. The Hall–Kier alpha value is -1.17. The van der Waals surface area contributed by atoms with Gasteiger partial charge in [-0.1, -0.05) is 6.07 Å². The molecule has 114 valence electrons. The van der Waals surface area contributed by atoms with Gasteiger partial charge in [-0.3, -0.25) is 4.98 Å². The second-order valence-corrected chi connectivity index (χ2v) is 6.54. The van der Waals surface area contributed by atoms with Crippen LogP contribution in [0.25, 0.3) is 6.08 Å². The Morgan fingerprint density at radius 2 is 1.86 bits per heavy atom. The molecular weight excluding hydrogens is 263 g/mol. The Balaban J connectivity index is 2.28. The van der Waals surface area contributed by atoms with Crippen LogP contribution in [-0.2, 0) is 9.31 Å². The Bertz CT molecular complexity index is 525. The minimum Gasteiger partial charge on any atom is -0.400 e. The van der Waals surface area contributed by atoms with E-state index in [0.29, 0.717) is 6.54 Å². The van der Waals surface area contributed by atoms with Gasteiger partial charge in [0.2, 0.25) is 0 Å². The molecule has 0 atom stereocenters. The van der Waals surface area contributed by atoms with E-state index in [1.165, 1.54) is 0 Å². The Labute approximate surface area is 128 Å². The first-order chi connectivity index (χ1) is 9.75. The van der Waals surface area contributed by atoms with Gasteiger partial charge in [-0.25, -0.2) is 0 Å². The molecule has 5 heteroatoms. The second-order valence-electron chi connectivity index (χ2n) is 6.54. The lowest BCUT2D eigenvalue weighted by Crippen LogP contribution is -2.41. The predicted molar refractivity (Wildman–Crippen MR) is 87.0 cm³/mol. The van der Waals surface area contributed by atoms with Crippen LogP contribution in [0.1, 0.15) is 39.1 Å². The predicted octanol–water partition coefficient (Wildman–Crippen LogP) is 2.62. The lowest BCUT2D eigenvalue weighted by atomic mass is 9.77. The van der Waals surface area contributed by atoms with E-state index in [9.17, 15) is 0 Å². The first-order valence-corrected chi connectivity index (χ1v) is 7.39. The largest absolute Gasteiger partial charge is 0.491 e. The number of rotatable bonds is 4. The van der Waals surface area contributed by atoms with Gasteiger partial charge in [-0.05, 0) is 65.3 Å². The van der Waals surface area contributed by atoms with Gasteiger partial charge >= 0.3 is 7.12 Å². The summed E-state index contributed by atoms with van der Waals surface area (Å²) in [6.07, 6.45) is 2.05. The second kappa shape index (κ2) is 5.91. The van der Waals surface area contributed by atoms with E-state index in [0.717, 1.165) is 16.9 Å². The molecule has 1 N–H and O–H groups in total. The van der Waals surface area contributed by atoms with Crippen LogP contribution in [0.2, 0.25) is 0 Å². The van der Waals surface area contributed by atoms with Crippen LogP contribution in [0.4, 0.5) is 0 Å². The van der Waals surface area contributed by atoms with Crippen molar-refractivity contribution in [1.29, 1.82) is 0 Å². The van der Waals surface area contributed by atoms with Gasteiger partial charge in [0.25, 0.3) is 0 Å². The molecule has 0 amide bonds. The third kappa shape index (κ3) is 3.54. The van der Waals surface area contributed by atoms with Crippen LogP contribution >= 0.6 is 0 Å². The Kier molecular flexibility index (Phi) is 4.56. The van der Waals surface area contributed by atoms with E-state index in [-0.39, 0.29) is 18.3 Å². The van der Waals surface area contributed by atoms with Crippen LogP contribution < -0.4 is 5.32 Å². The zero-order chi connectivity index (χ0) is 15.7. The average molecular weight is 288 g/mol. The first-order valence-electron chi connectivity index (χ1n) is 7.39. The highest BCUT2D eigenvalue weighted by molar-refractivity contribution is 6.55. The average Bonchev–Trinajstić information content (AvgIpc) is 2.58. The molecule has 0 unspecified atom stereocenters. The number of pyridine rings is 1. The summed E-state index contributed by atoms with van der Waals surface area (Å²) in [4.78, 5) is 4.52. The molecule has 2 heterocycles. The normalized spacial score (nSPS) is 20.9. The fourth-order valence-electron chi connectivity index (χ4n) is 2.24. The van der Waals surface area contributed by atoms with E-state index < -0.39 is 0 Å². The van der Waals surface area contributed by atoms with Gasteiger partial charge in [-0.15, -0.1) is 0 Å². The van der Waals surface area contributed by atoms with Gasteiger partial charge in [0.15, 0.2) is 0 Å². The van der Waals surface area contributed by atoms with Gasteiger partial charge in [-0.2, -0.15) is 0 Å². The minimum absolute atomic E-state index is 0.329. The molecule has 1 aliphatic rings. The Morgan fingerprint density at radius 3 is 2.38 bits per heavy atom. The summed E-state index contributed by atoms with van der Waals surface area (Å²) in [6.45, 7) is 10.9. The molecular formula is C16H25BN2O2. The fraction of sp³-hybridized carbons (Fsp3) is 0.562. The monoisotopic (exact) mass is 288 g/mol. The van der Waals surface area contributed by atoms with Crippen molar-refractivity contribution in [3.8, 4) is 0 Å². The summed E-state index contributed by atoms with van der Waals surface area (Å²) >= 11 is 0. The lowest BCUT2D eigenvalue weighted by molar-refractivity contribution is 0.00578. The van der Waals surface area contributed by atoms with Crippen molar-refractivity contribution in [2.75, 3.05) is 13.6 Å². The summed E-state index contributed by atoms with van der Waals surface area (Å²) in [5, 5.41) is 3.18. The number of hydrogen-bond acceptors (Lipinski definition) is 4. The molecule has 0 spiro atoms. The highest BCUT2D eigenvalue weighted by Crippen LogP contribution is 2.38. The molecule has 0 bridgehead atoms. The van der Waals surface area contributed by atoms with Crippen LogP contribution in [0, 0.1) is 6.92 Å². The third-order valence-corrected chi connectivity index (χ3v) is 4.18. The summed E-state index contributed by atoms with van der Waals surface area (Å²) < 4.78 is 12.2. The van der Waals surface area contributed by atoms with Crippen molar-refractivity contribution < 1.29 is 9.31 Å². The van der Waals surface area contributed by atoms with E-state index in [1.807, 2.05) is 38.2 Å². The molecule has 4 nitrogen and oxygen atoms in total. The Morgan fingerprint density at radius 1 is 1.24 bits per heavy atom. The number of aromatic nitrogens is 1. The number of likely N-dealkylation sites (N-methyl/N-ethyl adjacent to an activating group) is 1. The maximum absolute atomic E-state index is 6.12. The van der Waals surface area contributed by atoms with Crippen molar-refractivity contribution in [1.82, 2.24) is 10.3 Å². The standard InChI is InChI=1S/C16H25BN2O2/c1-12-8-7-9-14(19-12)10-13(11-18-6)17-20-15(2,3)16(4,5)21-17/h7-10,18H,11H2,1-6H3. The summed E-state index contributed by atoms with van der Waals surface area (Å²) in [5.74, 6) is 0. The van der Waals surface area contributed by atoms with E-state index in [1.54, 1.807) is 0 Å². The van der Waals surface area contributed by atoms with Crippen LogP contribution in [0.5, 0.6) is 0 Å².